The van der Waals surface area contributed by atoms with Crippen LogP contribution in [-0.2, 0) is 11.3 Å². The number of likely N-dealkylation sites (tertiary alicyclic amines) is 1. The van der Waals surface area contributed by atoms with Crippen molar-refractivity contribution in [1.82, 2.24) is 15.1 Å². The van der Waals surface area contributed by atoms with Gasteiger partial charge in [0.1, 0.15) is 5.75 Å². The highest BCUT2D eigenvalue weighted by Crippen LogP contribution is 2.27. The van der Waals surface area contributed by atoms with Gasteiger partial charge in [-0.1, -0.05) is 42.5 Å². The number of hydrogen-bond donors (Lipinski definition) is 1. The molecular formula is C23H30N4O2. The second-order valence-corrected chi connectivity index (χ2v) is 7.47. The van der Waals surface area contributed by atoms with Gasteiger partial charge in [0.2, 0.25) is 5.91 Å². The first-order valence-corrected chi connectivity index (χ1v) is 9.98. The molecule has 1 aliphatic rings. The Kier molecular flexibility index (Phi) is 7.11. The summed E-state index contributed by atoms with van der Waals surface area (Å²) in [6.45, 7) is 2.61. The van der Waals surface area contributed by atoms with Gasteiger partial charge >= 0.3 is 0 Å². The molecule has 1 atom stereocenters. The van der Waals surface area contributed by atoms with Gasteiger partial charge < -0.3 is 19.9 Å². The van der Waals surface area contributed by atoms with E-state index >= 15 is 0 Å². The lowest BCUT2D eigenvalue weighted by Crippen LogP contribution is -2.44. The molecule has 29 heavy (non-hydrogen) atoms. The molecule has 1 N–H and O–H groups in total. The normalized spacial score (nSPS) is 16.6. The van der Waals surface area contributed by atoms with E-state index in [0.717, 1.165) is 36.8 Å². The number of ether oxygens (including phenoxy) is 1. The molecule has 2 aromatic rings. The number of carbonyl (C=O) groups excluding carboxylic acids is 1. The van der Waals surface area contributed by atoms with E-state index in [4.69, 9.17) is 9.73 Å². The van der Waals surface area contributed by atoms with E-state index in [9.17, 15) is 4.79 Å². The zero-order chi connectivity index (χ0) is 20.6. The lowest BCUT2D eigenvalue weighted by molar-refractivity contribution is -0.127. The molecule has 2 aromatic carbocycles. The van der Waals surface area contributed by atoms with E-state index in [2.05, 4.69) is 34.5 Å². The summed E-state index contributed by atoms with van der Waals surface area (Å²) in [4.78, 5) is 20.7. The van der Waals surface area contributed by atoms with E-state index in [0.29, 0.717) is 12.5 Å². The summed E-state index contributed by atoms with van der Waals surface area (Å²) in [5, 5.41) is 3.27. The molecule has 0 bridgehead atoms. The predicted octanol–water partition coefficient (Wildman–Crippen LogP) is 2.72. The molecule has 1 saturated heterocycles. The topological polar surface area (TPSA) is 57.2 Å². The highest BCUT2D eigenvalue weighted by atomic mass is 16.5. The Balaban J connectivity index is 1.70. The molecule has 6 nitrogen and oxygen atoms in total. The standard InChI is InChI=1S/C23H30N4O2/c1-26(2)22(28)16-25-23(24-15-18-9-11-21(29-3)12-10-18)27-14-13-20(17-27)19-7-5-4-6-8-19/h4-12,20H,13-17H2,1-3H3,(H,24,25). The summed E-state index contributed by atoms with van der Waals surface area (Å²) < 4.78 is 5.22. The second kappa shape index (κ2) is 9.96. The van der Waals surface area contributed by atoms with Crippen molar-refractivity contribution in [3.05, 3.63) is 65.7 Å². The molecule has 154 valence electrons. The first-order chi connectivity index (χ1) is 14.1. The number of methoxy groups -OCH3 is 1. The fourth-order valence-corrected chi connectivity index (χ4v) is 3.43. The van der Waals surface area contributed by atoms with Crippen LogP contribution in [0.4, 0.5) is 0 Å². The summed E-state index contributed by atoms with van der Waals surface area (Å²) in [5.74, 6) is 2.13. The molecule has 0 spiro atoms. The summed E-state index contributed by atoms with van der Waals surface area (Å²) >= 11 is 0. The number of nitrogens with one attached hydrogen (secondary N) is 1. The number of hydrogen-bond acceptors (Lipinski definition) is 3. The number of aliphatic imine (C=N–C) groups is 1. The summed E-state index contributed by atoms with van der Waals surface area (Å²) in [6, 6.07) is 18.5. The van der Waals surface area contributed by atoms with Crippen LogP contribution in [0.1, 0.15) is 23.5 Å². The average molecular weight is 395 g/mol. The molecule has 1 fully saturated rings. The highest BCUT2D eigenvalue weighted by molar-refractivity contribution is 5.86. The maximum absolute atomic E-state index is 12.1. The molecule has 0 saturated carbocycles. The molecule has 1 heterocycles. The second-order valence-electron chi connectivity index (χ2n) is 7.47. The van der Waals surface area contributed by atoms with Crippen molar-refractivity contribution in [3.8, 4) is 5.75 Å². The van der Waals surface area contributed by atoms with Gasteiger partial charge in [0, 0.05) is 33.1 Å². The maximum atomic E-state index is 12.1. The number of benzene rings is 2. The lowest BCUT2D eigenvalue weighted by atomic mass is 9.99. The fourth-order valence-electron chi connectivity index (χ4n) is 3.43. The van der Waals surface area contributed by atoms with Crippen molar-refractivity contribution < 1.29 is 9.53 Å². The van der Waals surface area contributed by atoms with Crippen LogP contribution in [-0.4, -0.2) is 62.5 Å². The maximum Gasteiger partial charge on any atom is 0.241 e. The van der Waals surface area contributed by atoms with E-state index in [1.54, 1.807) is 26.1 Å². The van der Waals surface area contributed by atoms with Crippen molar-refractivity contribution in [2.75, 3.05) is 40.8 Å². The van der Waals surface area contributed by atoms with Crippen LogP contribution in [0.2, 0.25) is 0 Å². The number of likely N-dealkylation sites (N-methyl/N-ethyl adjacent to an activating group) is 1. The van der Waals surface area contributed by atoms with Crippen molar-refractivity contribution in [3.63, 3.8) is 0 Å². The van der Waals surface area contributed by atoms with Crippen LogP contribution in [0, 0.1) is 0 Å². The van der Waals surface area contributed by atoms with Crippen LogP contribution in [0.3, 0.4) is 0 Å². The molecule has 1 aliphatic heterocycles. The number of amides is 1. The molecule has 0 aromatic heterocycles. The Morgan fingerprint density at radius 1 is 1.17 bits per heavy atom. The van der Waals surface area contributed by atoms with Gasteiger partial charge in [-0.25, -0.2) is 4.99 Å². The van der Waals surface area contributed by atoms with Gasteiger partial charge in [0.05, 0.1) is 20.2 Å². The number of guanidine groups is 1. The van der Waals surface area contributed by atoms with E-state index in [1.807, 2.05) is 30.3 Å². The van der Waals surface area contributed by atoms with Crippen molar-refractivity contribution >= 4 is 11.9 Å². The molecule has 1 amide bonds. The van der Waals surface area contributed by atoms with Gasteiger partial charge in [-0.3, -0.25) is 4.79 Å². The van der Waals surface area contributed by atoms with Crippen LogP contribution >= 0.6 is 0 Å². The SMILES string of the molecule is COc1ccc(CN=C(NCC(=O)N(C)C)N2CCC(c3ccccc3)C2)cc1. The van der Waals surface area contributed by atoms with E-state index in [-0.39, 0.29) is 12.5 Å². The highest BCUT2D eigenvalue weighted by Gasteiger charge is 2.26. The largest absolute Gasteiger partial charge is 0.497 e. The number of carbonyl (C=O) groups is 1. The summed E-state index contributed by atoms with van der Waals surface area (Å²) in [6.07, 6.45) is 1.08. The summed E-state index contributed by atoms with van der Waals surface area (Å²) in [5.41, 5.74) is 2.46. The molecule has 0 aliphatic carbocycles. The zero-order valence-corrected chi connectivity index (χ0v) is 17.5. The number of rotatable bonds is 6. The predicted molar refractivity (Wildman–Crippen MR) is 116 cm³/mol. The average Bonchev–Trinajstić information content (AvgIpc) is 3.24. The monoisotopic (exact) mass is 394 g/mol. The fraction of sp³-hybridized carbons (Fsp3) is 0.391. The third-order valence-corrected chi connectivity index (χ3v) is 5.23. The third kappa shape index (κ3) is 5.73. The Bertz CT molecular complexity index is 819. The van der Waals surface area contributed by atoms with E-state index in [1.165, 1.54) is 5.56 Å². The Morgan fingerprint density at radius 2 is 1.90 bits per heavy atom. The van der Waals surface area contributed by atoms with Gasteiger partial charge in [-0.2, -0.15) is 0 Å². The molecule has 1 unspecified atom stereocenters. The van der Waals surface area contributed by atoms with Crippen molar-refractivity contribution in [2.45, 2.75) is 18.9 Å². The van der Waals surface area contributed by atoms with Crippen molar-refractivity contribution in [2.24, 2.45) is 4.99 Å². The Morgan fingerprint density at radius 3 is 2.55 bits per heavy atom. The zero-order valence-electron chi connectivity index (χ0n) is 17.5. The van der Waals surface area contributed by atoms with Gasteiger partial charge in [-0.15, -0.1) is 0 Å². The minimum Gasteiger partial charge on any atom is -0.497 e. The minimum atomic E-state index is 0.0287. The lowest BCUT2D eigenvalue weighted by Gasteiger charge is -2.23. The number of nitrogens with zero attached hydrogens (tertiary/aromatic N) is 3. The van der Waals surface area contributed by atoms with Crippen LogP contribution < -0.4 is 10.1 Å². The molecular weight excluding hydrogens is 364 g/mol. The van der Waals surface area contributed by atoms with Gasteiger partial charge in [0.25, 0.3) is 0 Å². The molecule has 3 rings (SSSR count). The van der Waals surface area contributed by atoms with Gasteiger partial charge in [0.15, 0.2) is 5.96 Å². The third-order valence-electron chi connectivity index (χ3n) is 5.23. The van der Waals surface area contributed by atoms with E-state index < -0.39 is 0 Å². The summed E-state index contributed by atoms with van der Waals surface area (Å²) in [7, 11) is 5.19. The van der Waals surface area contributed by atoms with Crippen LogP contribution in [0.25, 0.3) is 0 Å². The molecule has 6 heteroatoms. The first kappa shape index (κ1) is 20.7. The van der Waals surface area contributed by atoms with Crippen LogP contribution in [0.15, 0.2) is 59.6 Å². The first-order valence-electron chi connectivity index (χ1n) is 9.98. The minimum absolute atomic E-state index is 0.0287. The van der Waals surface area contributed by atoms with Gasteiger partial charge in [-0.05, 0) is 29.7 Å². The molecule has 0 radical (unpaired) electrons. The quantitative estimate of drug-likeness (QED) is 0.605. The Labute approximate surface area is 173 Å². The van der Waals surface area contributed by atoms with Crippen LogP contribution in [0.5, 0.6) is 5.75 Å². The smallest absolute Gasteiger partial charge is 0.241 e. The Hall–Kier alpha value is -3.02. The van der Waals surface area contributed by atoms with Crippen molar-refractivity contribution in [1.29, 1.82) is 0 Å².